The van der Waals surface area contributed by atoms with Crippen molar-refractivity contribution in [2.24, 2.45) is 11.8 Å². The number of aliphatic hydroxyl groups is 2. The van der Waals surface area contributed by atoms with Gasteiger partial charge in [0.05, 0.1) is 12.5 Å². The van der Waals surface area contributed by atoms with Crippen molar-refractivity contribution in [1.82, 2.24) is 0 Å². The Morgan fingerprint density at radius 2 is 2.08 bits per heavy atom. The van der Waals surface area contributed by atoms with Gasteiger partial charge in [0.2, 0.25) is 0 Å². The van der Waals surface area contributed by atoms with E-state index in [1.165, 1.54) is 6.92 Å². The van der Waals surface area contributed by atoms with Crippen LogP contribution in [-0.2, 0) is 19.1 Å². The molecule has 2 N–H and O–H groups in total. The van der Waals surface area contributed by atoms with Gasteiger partial charge >= 0.3 is 11.9 Å². The molecule has 146 valence electrons. The number of hydrogen-bond acceptors (Lipinski definition) is 7. The molecule has 7 unspecified atom stereocenters. The summed E-state index contributed by atoms with van der Waals surface area (Å²) in [6, 6.07) is -0.665. The van der Waals surface area contributed by atoms with Gasteiger partial charge in [0.1, 0.15) is 25.3 Å². The number of carbonyl (C=O) groups is 2. The number of ether oxygens (including phenoxy) is 2. The molecule has 0 aromatic carbocycles. The number of allylic oxidation sites excluding steroid dienone is 1. The van der Waals surface area contributed by atoms with Gasteiger partial charge in [0.15, 0.2) is 11.7 Å². The van der Waals surface area contributed by atoms with Crippen LogP contribution < -0.4 is 0 Å². The van der Waals surface area contributed by atoms with E-state index < -0.39 is 52.3 Å². The predicted octanol–water partition coefficient (Wildman–Crippen LogP) is 0.256. The van der Waals surface area contributed by atoms with E-state index in [1.807, 2.05) is 0 Å². The van der Waals surface area contributed by atoms with Crippen molar-refractivity contribution in [2.75, 3.05) is 19.7 Å². The van der Waals surface area contributed by atoms with Crippen molar-refractivity contribution < 1.29 is 33.9 Å². The molecular weight excluding hydrogens is 342 g/mol. The second kappa shape index (κ2) is 6.60. The summed E-state index contributed by atoms with van der Waals surface area (Å²) in [5.74, 6) is -2.55. The average molecular weight is 369 g/mol. The molecule has 8 nitrogen and oxygen atoms in total. The zero-order chi connectivity index (χ0) is 19.3. The molecule has 3 saturated heterocycles. The third-order valence-corrected chi connectivity index (χ3v) is 6.32. The molecule has 0 aromatic heterocycles. The molecule has 0 saturated carbocycles. The van der Waals surface area contributed by atoms with E-state index >= 15 is 0 Å². The van der Waals surface area contributed by atoms with Crippen LogP contribution in [0.3, 0.4) is 0 Å². The molecule has 3 heterocycles. The summed E-state index contributed by atoms with van der Waals surface area (Å²) in [7, 11) is 0. The Labute approximate surface area is 152 Å². The van der Waals surface area contributed by atoms with E-state index in [4.69, 9.17) is 9.47 Å². The Balaban J connectivity index is 1.95. The molecule has 3 fully saturated rings. The molecule has 0 radical (unpaired) electrons. The minimum Gasteiger partial charge on any atom is -0.632 e. The van der Waals surface area contributed by atoms with Crippen molar-refractivity contribution >= 4 is 11.9 Å². The molecule has 0 amide bonds. The maximum absolute atomic E-state index is 13.0. The quantitative estimate of drug-likeness (QED) is 0.272. The third-order valence-electron chi connectivity index (χ3n) is 6.32. The smallest absolute Gasteiger partial charge is 0.338 e. The maximum atomic E-state index is 13.0. The normalized spacial score (nSPS) is 48.4. The Kier molecular flexibility index (Phi) is 4.89. The average Bonchev–Trinajstić information content (AvgIpc) is 3.00. The van der Waals surface area contributed by atoms with Gasteiger partial charge in [0, 0.05) is 12.0 Å². The van der Waals surface area contributed by atoms with Gasteiger partial charge in [-0.1, -0.05) is 13.0 Å². The molecule has 0 aromatic rings. The van der Waals surface area contributed by atoms with Gasteiger partial charge < -0.3 is 29.5 Å². The van der Waals surface area contributed by atoms with Gasteiger partial charge in [-0.25, -0.2) is 9.59 Å². The van der Waals surface area contributed by atoms with E-state index in [2.05, 4.69) is 0 Å². The number of nitrogens with zero attached hydrogens (tertiary/aromatic N) is 1. The van der Waals surface area contributed by atoms with Gasteiger partial charge in [-0.15, -0.1) is 0 Å². The van der Waals surface area contributed by atoms with Crippen molar-refractivity contribution in [3.63, 3.8) is 0 Å². The lowest BCUT2D eigenvalue weighted by Gasteiger charge is -2.40. The Morgan fingerprint density at radius 1 is 1.38 bits per heavy atom. The molecule has 0 aliphatic carbocycles. The lowest BCUT2D eigenvalue weighted by molar-refractivity contribution is -0.884. The summed E-state index contributed by atoms with van der Waals surface area (Å²) in [5, 5.41) is 33.9. The van der Waals surface area contributed by atoms with Gasteiger partial charge in [-0.3, -0.25) is 0 Å². The molecule has 3 aliphatic heterocycles. The van der Waals surface area contributed by atoms with E-state index in [9.17, 15) is 25.0 Å². The number of carbonyl (C=O) groups excluding carboxylic acids is 2. The number of rotatable bonds is 0. The van der Waals surface area contributed by atoms with Crippen LogP contribution in [0.25, 0.3) is 0 Å². The molecule has 3 aliphatic rings. The van der Waals surface area contributed by atoms with Crippen molar-refractivity contribution in [1.29, 1.82) is 0 Å². The monoisotopic (exact) mass is 369 g/mol. The summed E-state index contributed by atoms with van der Waals surface area (Å²) in [6.45, 7) is 4.76. The van der Waals surface area contributed by atoms with E-state index in [0.717, 1.165) is 0 Å². The fourth-order valence-corrected chi connectivity index (χ4v) is 4.40. The summed E-state index contributed by atoms with van der Waals surface area (Å²) < 4.78 is 10.3. The number of quaternary nitrogens is 1. The summed E-state index contributed by atoms with van der Waals surface area (Å²) in [6.07, 6.45) is 0.602. The molecule has 8 heteroatoms. The van der Waals surface area contributed by atoms with E-state index in [1.54, 1.807) is 19.9 Å². The Morgan fingerprint density at radius 3 is 2.73 bits per heavy atom. The summed E-state index contributed by atoms with van der Waals surface area (Å²) in [4.78, 5) is 25.0. The second-order valence-corrected chi connectivity index (χ2v) is 7.98. The highest BCUT2D eigenvalue weighted by atomic mass is 16.6. The molecule has 26 heavy (non-hydrogen) atoms. The fraction of sp³-hybridized carbons (Fsp3) is 0.778. The standard InChI is InChI=1S/C18H27NO7/c1-4-11-7-10(2)18(3,23)17(22)25-9-12-13(20)8-19(24)6-5-14(15(12)19)26-16(11)21/h4,10,12-15,20,23H,5-9H2,1-3H3. The largest absolute Gasteiger partial charge is 0.632 e. The minimum absolute atomic E-state index is 0.00972. The van der Waals surface area contributed by atoms with Crippen molar-refractivity contribution in [3.05, 3.63) is 16.9 Å². The second-order valence-electron chi connectivity index (χ2n) is 7.98. The first-order valence-electron chi connectivity index (χ1n) is 9.11. The SMILES string of the molecule is CC=C1CC(C)C(C)(O)C(=O)OCC2C(O)C[N+]3([O-])CCC(OC1=O)C23. The molecule has 7 atom stereocenters. The number of cyclic esters (lactones) is 1. The van der Waals surface area contributed by atoms with Crippen LogP contribution in [0.4, 0.5) is 0 Å². The third kappa shape index (κ3) is 3.05. The van der Waals surface area contributed by atoms with Gasteiger partial charge in [0.25, 0.3) is 0 Å². The summed E-state index contributed by atoms with van der Waals surface area (Å²) in [5.41, 5.74) is -1.45. The highest BCUT2D eigenvalue weighted by molar-refractivity contribution is 5.89. The van der Waals surface area contributed by atoms with Crippen LogP contribution in [0.2, 0.25) is 0 Å². The maximum Gasteiger partial charge on any atom is 0.338 e. The van der Waals surface area contributed by atoms with Gasteiger partial charge in [-0.05, 0) is 26.2 Å². The first-order chi connectivity index (χ1) is 12.1. The minimum atomic E-state index is -1.80. The van der Waals surface area contributed by atoms with Crippen molar-refractivity contribution in [2.45, 2.75) is 57.5 Å². The molecule has 0 bridgehead atoms. The van der Waals surface area contributed by atoms with Crippen LogP contribution in [-0.4, -0.2) is 70.3 Å². The lowest BCUT2D eigenvalue weighted by atomic mass is 9.85. The topological polar surface area (TPSA) is 116 Å². The number of hydrogen-bond donors (Lipinski definition) is 2. The molecular formula is C18H27NO7. The lowest BCUT2D eigenvalue weighted by Crippen LogP contribution is -2.50. The van der Waals surface area contributed by atoms with Crippen LogP contribution in [0, 0.1) is 17.0 Å². The number of aliphatic hydroxyl groups excluding tert-OH is 1. The van der Waals surface area contributed by atoms with Crippen molar-refractivity contribution in [3.8, 4) is 0 Å². The Bertz CT molecular complexity index is 631. The highest BCUT2D eigenvalue weighted by Crippen LogP contribution is 2.42. The zero-order valence-corrected chi connectivity index (χ0v) is 15.4. The highest BCUT2D eigenvalue weighted by Gasteiger charge is 2.58. The first kappa shape index (κ1) is 19.3. The predicted molar refractivity (Wildman–Crippen MR) is 90.3 cm³/mol. The van der Waals surface area contributed by atoms with Crippen LogP contribution in [0.15, 0.2) is 11.6 Å². The molecule has 0 spiro atoms. The van der Waals surface area contributed by atoms with Crippen LogP contribution >= 0.6 is 0 Å². The van der Waals surface area contributed by atoms with Gasteiger partial charge in [-0.2, -0.15) is 0 Å². The number of esters is 2. The summed E-state index contributed by atoms with van der Waals surface area (Å²) >= 11 is 0. The first-order valence-corrected chi connectivity index (χ1v) is 9.11. The van der Waals surface area contributed by atoms with E-state index in [-0.39, 0.29) is 26.1 Å². The molecule has 3 rings (SSSR count). The Hall–Kier alpha value is -1.48. The fourth-order valence-electron chi connectivity index (χ4n) is 4.40. The van der Waals surface area contributed by atoms with E-state index in [0.29, 0.717) is 12.0 Å². The zero-order valence-electron chi connectivity index (χ0n) is 15.4. The number of hydroxylamine groups is 3. The van der Waals surface area contributed by atoms with Crippen LogP contribution in [0.5, 0.6) is 0 Å². The van der Waals surface area contributed by atoms with Crippen LogP contribution in [0.1, 0.15) is 33.6 Å².